The van der Waals surface area contributed by atoms with E-state index in [4.69, 9.17) is 4.74 Å². The number of fused-ring (bicyclic) bond motifs is 1. The van der Waals surface area contributed by atoms with E-state index in [0.29, 0.717) is 12.3 Å². The summed E-state index contributed by atoms with van der Waals surface area (Å²) in [6, 6.07) is 10.4. The van der Waals surface area contributed by atoms with Crippen LogP contribution in [-0.2, 0) is 11.8 Å². The molecule has 1 aromatic heterocycles. The molecule has 37 heavy (non-hydrogen) atoms. The average Bonchev–Trinajstić information content (AvgIpc) is 3.38. The molecule has 2 aliphatic heterocycles. The van der Waals surface area contributed by atoms with Gasteiger partial charge in [0.25, 0.3) is 0 Å². The third-order valence-corrected chi connectivity index (χ3v) is 10.5. The number of aromatic nitrogens is 1. The van der Waals surface area contributed by atoms with Crippen LogP contribution in [0.15, 0.2) is 42.7 Å². The van der Waals surface area contributed by atoms with Crippen LogP contribution in [0.25, 0.3) is 0 Å². The standard InChI is InChI=1S/C31H39N3O3/c35-29(34-16-5-9-27(34)24-8-4-15-32-20-24)37-25-11-10-23-18-28-31(36)13-2-1-12-30(31,26(23)19-25)14-17-33(28)21-22-6-3-7-22/h4,8,10-11,15,19-20,22,27-28,36H,1-3,5-7,9,12-14,16-18,21H2/t27-,28+,30?,31+/m0/s1. The number of nitrogens with zero attached hydrogens (tertiary/aromatic N) is 3. The minimum atomic E-state index is -0.691. The lowest BCUT2D eigenvalue weighted by Crippen LogP contribution is -2.72. The number of piperidine rings is 1. The molecule has 1 aromatic carbocycles. The highest BCUT2D eigenvalue weighted by molar-refractivity contribution is 5.72. The van der Waals surface area contributed by atoms with Gasteiger partial charge in [-0.3, -0.25) is 9.88 Å². The summed E-state index contributed by atoms with van der Waals surface area (Å²) in [5.74, 6) is 1.42. The lowest BCUT2D eigenvalue weighted by Gasteiger charge is -2.64. The second kappa shape index (κ2) is 9.09. The van der Waals surface area contributed by atoms with Crippen molar-refractivity contribution < 1.29 is 14.6 Å². The Morgan fingerprint density at radius 1 is 1.05 bits per heavy atom. The normalized spacial score (nSPS) is 33.4. The molecule has 3 aliphatic carbocycles. The van der Waals surface area contributed by atoms with Crippen LogP contribution in [0, 0.1) is 5.92 Å². The molecule has 2 aromatic rings. The summed E-state index contributed by atoms with van der Waals surface area (Å²) in [6.45, 7) is 2.90. The van der Waals surface area contributed by atoms with Crippen LogP contribution in [0.1, 0.15) is 86.9 Å². The quantitative estimate of drug-likeness (QED) is 0.608. The zero-order valence-electron chi connectivity index (χ0n) is 21.8. The molecule has 5 aliphatic rings. The van der Waals surface area contributed by atoms with Gasteiger partial charge in [0.2, 0.25) is 0 Å². The summed E-state index contributed by atoms with van der Waals surface area (Å²) in [4.78, 5) is 22.1. The molecular formula is C31H39N3O3. The van der Waals surface area contributed by atoms with Gasteiger partial charge in [0.05, 0.1) is 11.6 Å². The third-order valence-electron chi connectivity index (χ3n) is 10.5. The molecule has 1 N–H and O–H groups in total. The maximum Gasteiger partial charge on any atom is 0.415 e. The zero-order valence-corrected chi connectivity index (χ0v) is 21.8. The number of pyridine rings is 1. The van der Waals surface area contributed by atoms with Crippen molar-refractivity contribution in [1.82, 2.24) is 14.8 Å². The first-order valence-corrected chi connectivity index (χ1v) is 14.6. The number of aliphatic hydroxyl groups is 1. The van der Waals surface area contributed by atoms with Crippen LogP contribution in [0.3, 0.4) is 0 Å². The number of rotatable bonds is 4. The van der Waals surface area contributed by atoms with E-state index in [1.807, 2.05) is 29.3 Å². The van der Waals surface area contributed by atoms with Gasteiger partial charge >= 0.3 is 6.09 Å². The fourth-order valence-electron chi connectivity index (χ4n) is 8.44. The van der Waals surface area contributed by atoms with Gasteiger partial charge in [0, 0.05) is 36.9 Å². The van der Waals surface area contributed by atoms with Gasteiger partial charge in [-0.15, -0.1) is 0 Å². The lowest BCUT2D eigenvalue weighted by molar-refractivity contribution is -0.169. The number of amides is 1. The summed E-state index contributed by atoms with van der Waals surface area (Å²) in [5, 5.41) is 12.4. The van der Waals surface area contributed by atoms with Crippen molar-refractivity contribution in [1.29, 1.82) is 0 Å². The molecule has 6 nitrogen and oxygen atoms in total. The number of benzene rings is 1. The summed E-state index contributed by atoms with van der Waals surface area (Å²) in [5.41, 5.74) is 2.72. The number of likely N-dealkylation sites (tertiary alicyclic amines) is 2. The Kier molecular flexibility index (Phi) is 5.81. The van der Waals surface area contributed by atoms with E-state index >= 15 is 0 Å². The predicted octanol–water partition coefficient (Wildman–Crippen LogP) is 5.39. The molecule has 196 valence electrons. The van der Waals surface area contributed by atoms with Crippen molar-refractivity contribution in [3.05, 3.63) is 59.4 Å². The van der Waals surface area contributed by atoms with Crippen LogP contribution in [0.5, 0.6) is 5.75 Å². The first-order chi connectivity index (χ1) is 18.1. The second-order valence-electron chi connectivity index (χ2n) is 12.3. The number of carbonyl (C=O) groups is 1. The molecule has 1 amide bonds. The Hall–Kier alpha value is -2.44. The Bertz CT molecular complexity index is 1170. The molecule has 2 saturated heterocycles. The Balaban J connectivity index is 1.17. The Labute approximate surface area is 220 Å². The first kappa shape index (κ1) is 23.7. The highest BCUT2D eigenvalue weighted by atomic mass is 16.6. The Morgan fingerprint density at radius 3 is 2.76 bits per heavy atom. The van der Waals surface area contributed by atoms with Crippen molar-refractivity contribution in [3.8, 4) is 5.75 Å². The monoisotopic (exact) mass is 501 g/mol. The van der Waals surface area contributed by atoms with Gasteiger partial charge in [-0.1, -0.05) is 31.4 Å². The minimum Gasteiger partial charge on any atom is -0.410 e. The number of hydrogen-bond acceptors (Lipinski definition) is 5. The summed E-state index contributed by atoms with van der Waals surface area (Å²) < 4.78 is 6.03. The summed E-state index contributed by atoms with van der Waals surface area (Å²) in [7, 11) is 0. The maximum atomic E-state index is 13.3. The molecule has 0 spiro atoms. The van der Waals surface area contributed by atoms with Crippen molar-refractivity contribution >= 4 is 6.09 Å². The van der Waals surface area contributed by atoms with Crippen molar-refractivity contribution in [2.45, 2.75) is 93.7 Å². The van der Waals surface area contributed by atoms with E-state index in [1.165, 1.54) is 30.4 Å². The number of ether oxygens (including phenoxy) is 1. The fraction of sp³-hybridized carbons (Fsp3) is 0.613. The van der Waals surface area contributed by atoms with Crippen molar-refractivity contribution in [2.24, 2.45) is 5.92 Å². The highest BCUT2D eigenvalue weighted by Crippen LogP contribution is 2.58. The van der Waals surface area contributed by atoms with Crippen LogP contribution in [0.4, 0.5) is 4.79 Å². The maximum absolute atomic E-state index is 13.3. The molecule has 4 fully saturated rings. The summed E-state index contributed by atoms with van der Waals surface area (Å²) >= 11 is 0. The molecule has 6 heteroatoms. The molecule has 7 rings (SSSR count). The Morgan fingerprint density at radius 2 is 1.95 bits per heavy atom. The van der Waals surface area contributed by atoms with Gasteiger partial charge in [0.15, 0.2) is 0 Å². The van der Waals surface area contributed by atoms with Crippen LogP contribution in [-0.4, -0.2) is 57.3 Å². The minimum absolute atomic E-state index is 0.0154. The highest BCUT2D eigenvalue weighted by Gasteiger charge is 2.63. The second-order valence-corrected chi connectivity index (χ2v) is 12.3. The summed E-state index contributed by atoms with van der Waals surface area (Å²) in [6.07, 6.45) is 15.3. The number of hydrogen-bond donors (Lipinski definition) is 1. The van der Waals surface area contributed by atoms with Crippen LogP contribution >= 0.6 is 0 Å². The molecule has 1 unspecified atom stereocenters. The SMILES string of the molecule is O=C(Oc1ccc2c(c1)C13CCCC[C@@]1(O)[C@@H](C2)N(CC1CCC1)CC3)N1CCC[C@H]1c1cccnc1. The van der Waals surface area contributed by atoms with E-state index < -0.39 is 5.60 Å². The molecule has 3 heterocycles. The zero-order chi connectivity index (χ0) is 25.0. The van der Waals surface area contributed by atoms with E-state index in [9.17, 15) is 9.90 Å². The molecule has 0 radical (unpaired) electrons. The van der Waals surface area contributed by atoms with Gasteiger partial charge in [-0.25, -0.2) is 4.79 Å². The largest absolute Gasteiger partial charge is 0.415 e. The van der Waals surface area contributed by atoms with Gasteiger partial charge in [-0.05, 0) is 98.7 Å². The molecule has 4 atom stereocenters. The van der Waals surface area contributed by atoms with Crippen LogP contribution < -0.4 is 4.74 Å². The molecular weight excluding hydrogens is 462 g/mol. The number of carbonyl (C=O) groups excluding carboxylic acids is 1. The van der Waals surface area contributed by atoms with E-state index in [2.05, 4.69) is 22.0 Å². The predicted molar refractivity (Wildman–Crippen MR) is 142 cm³/mol. The lowest BCUT2D eigenvalue weighted by atomic mass is 9.49. The van der Waals surface area contributed by atoms with Crippen molar-refractivity contribution in [2.75, 3.05) is 19.6 Å². The molecule has 2 bridgehead atoms. The van der Waals surface area contributed by atoms with Gasteiger partial charge in [0.1, 0.15) is 5.75 Å². The fourth-order valence-corrected chi connectivity index (χ4v) is 8.44. The molecule has 2 saturated carbocycles. The smallest absolute Gasteiger partial charge is 0.410 e. The van der Waals surface area contributed by atoms with E-state index in [1.54, 1.807) is 6.20 Å². The van der Waals surface area contributed by atoms with Gasteiger partial charge < -0.3 is 14.7 Å². The third kappa shape index (κ3) is 3.74. The van der Waals surface area contributed by atoms with Gasteiger partial charge in [-0.2, -0.15) is 0 Å². The topological polar surface area (TPSA) is 65.9 Å². The van der Waals surface area contributed by atoms with E-state index in [-0.39, 0.29) is 23.6 Å². The average molecular weight is 502 g/mol. The van der Waals surface area contributed by atoms with E-state index in [0.717, 1.165) is 75.9 Å². The van der Waals surface area contributed by atoms with Crippen molar-refractivity contribution in [3.63, 3.8) is 0 Å². The van der Waals surface area contributed by atoms with Crippen LogP contribution in [0.2, 0.25) is 0 Å². The first-order valence-electron chi connectivity index (χ1n) is 14.6.